The zero-order valence-corrected chi connectivity index (χ0v) is 12.0. The maximum Gasteiger partial charge on any atom is 0.0175 e. The van der Waals surface area contributed by atoms with Crippen LogP contribution < -0.4 is 5.32 Å². The number of rotatable bonds is 4. The van der Waals surface area contributed by atoms with Crippen LogP contribution in [0.25, 0.3) is 0 Å². The number of aryl methyl sites for hydroxylation is 1. The third-order valence-corrected chi connectivity index (χ3v) is 4.07. The van der Waals surface area contributed by atoms with Crippen molar-refractivity contribution in [1.29, 1.82) is 0 Å². The van der Waals surface area contributed by atoms with Gasteiger partial charge < -0.3 is 5.32 Å². The van der Waals surface area contributed by atoms with E-state index < -0.39 is 0 Å². The molecule has 1 aliphatic rings. The van der Waals surface area contributed by atoms with Crippen molar-refractivity contribution < 1.29 is 0 Å². The highest BCUT2D eigenvalue weighted by molar-refractivity contribution is 9.10. The first kappa shape index (κ1) is 13.1. The second-order valence-electron chi connectivity index (χ2n) is 4.80. The predicted octanol–water partition coefficient (Wildman–Crippen LogP) is 2.68. The Morgan fingerprint density at radius 3 is 2.53 bits per heavy atom. The van der Waals surface area contributed by atoms with Crippen molar-refractivity contribution in [2.75, 3.05) is 26.2 Å². The van der Waals surface area contributed by atoms with E-state index in [-0.39, 0.29) is 0 Å². The lowest BCUT2D eigenvalue weighted by atomic mass is 10.0. The zero-order valence-electron chi connectivity index (χ0n) is 10.5. The van der Waals surface area contributed by atoms with Gasteiger partial charge in [0.1, 0.15) is 0 Å². The van der Waals surface area contributed by atoms with E-state index in [0.29, 0.717) is 6.04 Å². The molecule has 0 aromatic heterocycles. The average Bonchev–Trinajstić information content (AvgIpc) is 2.39. The first-order chi connectivity index (χ1) is 8.25. The van der Waals surface area contributed by atoms with Crippen LogP contribution in [0.3, 0.4) is 0 Å². The molecule has 0 aliphatic carbocycles. The van der Waals surface area contributed by atoms with Gasteiger partial charge in [0.15, 0.2) is 0 Å². The highest BCUT2D eigenvalue weighted by Crippen LogP contribution is 2.14. The van der Waals surface area contributed by atoms with Crippen LogP contribution in [0.1, 0.15) is 18.9 Å². The Hall–Kier alpha value is -0.380. The van der Waals surface area contributed by atoms with Crippen LogP contribution in [0.4, 0.5) is 0 Å². The zero-order chi connectivity index (χ0) is 12.1. The smallest absolute Gasteiger partial charge is 0.0175 e. The lowest BCUT2D eigenvalue weighted by molar-refractivity contribution is 0.177. The summed E-state index contributed by atoms with van der Waals surface area (Å²) in [6.45, 7) is 7.03. The third kappa shape index (κ3) is 4.09. The number of hydrogen-bond donors (Lipinski definition) is 1. The lowest BCUT2D eigenvalue weighted by Crippen LogP contribution is -2.47. The van der Waals surface area contributed by atoms with Gasteiger partial charge in [-0.05, 0) is 37.5 Å². The molecule has 1 aromatic rings. The molecule has 0 spiro atoms. The fraction of sp³-hybridized carbons (Fsp3) is 0.571. The first-order valence-electron chi connectivity index (χ1n) is 6.45. The average molecular weight is 297 g/mol. The molecule has 2 nitrogen and oxygen atoms in total. The van der Waals surface area contributed by atoms with Gasteiger partial charge in [-0.25, -0.2) is 0 Å². The summed E-state index contributed by atoms with van der Waals surface area (Å²) >= 11 is 3.47. The standard InChI is InChI=1S/C14H21BrN2/c1-12(17-10-8-16-9-11-17)2-3-13-4-6-14(15)7-5-13/h4-7,12,16H,2-3,8-11H2,1H3. The highest BCUT2D eigenvalue weighted by atomic mass is 79.9. The summed E-state index contributed by atoms with van der Waals surface area (Å²) < 4.78 is 1.16. The van der Waals surface area contributed by atoms with E-state index in [9.17, 15) is 0 Å². The van der Waals surface area contributed by atoms with Crippen LogP contribution in [0.5, 0.6) is 0 Å². The minimum absolute atomic E-state index is 0.695. The monoisotopic (exact) mass is 296 g/mol. The summed E-state index contributed by atoms with van der Waals surface area (Å²) in [4.78, 5) is 2.59. The Kier molecular flexibility index (Phi) is 5.01. The number of hydrogen-bond acceptors (Lipinski definition) is 2. The minimum atomic E-state index is 0.695. The maximum atomic E-state index is 3.47. The normalized spacial score (nSPS) is 19.2. The Bertz CT molecular complexity index is 331. The van der Waals surface area contributed by atoms with E-state index in [0.717, 1.165) is 17.6 Å². The van der Waals surface area contributed by atoms with Gasteiger partial charge in [-0.2, -0.15) is 0 Å². The molecule has 1 N–H and O–H groups in total. The molecule has 1 fully saturated rings. The van der Waals surface area contributed by atoms with Gasteiger partial charge in [0, 0.05) is 36.7 Å². The van der Waals surface area contributed by atoms with E-state index in [1.54, 1.807) is 0 Å². The van der Waals surface area contributed by atoms with Crippen LogP contribution in [0.2, 0.25) is 0 Å². The molecular weight excluding hydrogens is 276 g/mol. The molecule has 0 saturated carbocycles. The summed E-state index contributed by atoms with van der Waals surface area (Å²) in [7, 11) is 0. The van der Waals surface area contributed by atoms with E-state index in [1.807, 2.05) is 0 Å². The predicted molar refractivity (Wildman–Crippen MR) is 76.4 cm³/mol. The summed E-state index contributed by atoms with van der Waals surface area (Å²) in [5.74, 6) is 0. The molecule has 1 atom stereocenters. The van der Waals surface area contributed by atoms with Gasteiger partial charge in [0.05, 0.1) is 0 Å². The Balaban J connectivity index is 1.78. The minimum Gasteiger partial charge on any atom is -0.314 e. The first-order valence-corrected chi connectivity index (χ1v) is 7.24. The molecule has 0 radical (unpaired) electrons. The SMILES string of the molecule is CC(CCc1ccc(Br)cc1)N1CCNCC1. The van der Waals surface area contributed by atoms with Crippen molar-refractivity contribution in [3.8, 4) is 0 Å². The summed E-state index contributed by atoms with van der Waals surface area (Å²) in [6, 6.07) is 9.39. The van der Waals surface area contributed by atoms with Crippen molar-refractivity contribution in [2.45, 2.75) is 25.8 Å². The quantitative estimate of drug-likeness (QED) is 0.919. The van der Waals surface area contributed by atoms with E-state index in [1.165, 1.54) is 31.5 Å². The van der Waals surface area contributed by atoms with E-state index >= 15 is 0 Å². The highest BCUT2D eigenvalue weighted by Gasteiger charge is 2.15. The molecule has 94 valence electrons. The molecule has 3 heteroatoms. The van der Waals surface area contributed by atoms with E-state index in [4.69, 9.17) is 0 Å². The molecule has 1 unspecified atom stereocenters. The van der Waals surface area contributed by atoms with Gasteiger partial charge >= 0.3 is 0 Å². The van der Waals surface area contributed by atoms with Crippen LogP contribution in [0.15, 0.2) is 28.7 Å². The number of nitrogens with one attached hydrogen (secondary N) is 1. The van der Waals surface area contributed by atoms with Gasteiger partial charge in [0.25, 0.3) is 0 Å². The molecule has 1 aliphatic heterocycles. The van der Waals surface area contributed by atoms with Crippen molar-refractivity contribution in [2.24, 2.45) is 0 Å². The Morgan fingerprint density at radius 1 is 1.24 bits per heavy atom. The van der Waals surface area contributed by atoms with Crippen LogP contribution >= 0.6 is 15.9 Å². The fourth-order valence-corrected chi connectivity index (χ4v) is 2.60. The molecule has 1 saturated heterocycles. The number of halogens is 1. The summed E-state index contributed by atoms with van der Waals surface area (Å²) in [5.41, 5.74) is 1.44. The van der Waals surface area contributed by atoms with Gasteiger partial charge in [-0.15, -0.1) is 0 Å². The van der Waals surface area contributed by atoms with Crippen LogP contribution in [-0.2, 0) is 6.42 Å². The van der Waals surface area contributed by atoms with Gasteiger partial charge in [-0.1, -0.05) is 28.1 Å². The molecule has 17 heavy (non-hydrogen) atoms. The second kappa shape index (κ2) is 6.53. The maximum absolute atomic E-state index is 3.47. The Morgan fingerprint density at radius 2 is 1.88 bits per heavy atom. The molecule has 0 amide bonds. The van der Waals surface area contributed by atoms with Crippen molar-refractivity contribution in [3.05, 3.63) is 34.3 Å². The van der Waals surface area contributed by atoms with Crippen molar-refractivity contribution in [1.82, 2.24) is 10.2 Å². The molecule has 0 bridgehead atoms. The molecular formula is C14H21BrN2. The fourth-order valence-electron chi connectivity index (χ4n) is 2.33. The molecule has 1 aromatic carbocycles. The van der Waals surface area contributed by atoms with Crippen LogP contribution in [-0.4, -0.2) is 37.1 Å². The number of piperazine rings is 1. The van der Waals surface area contributed by atoms with Crippen LogP contribution in [0, 0.1) is 0 Å². The van der Waals surface area contributed by atoms with Crippen molar-refractivity contribution in [3.63, 3.8) is 0 Å². The molecule has 2 rings (SSSR count). The number of benzene rings is 1. The molecule has 1 heterocycles. The topological polar surface area (TPSA) is 15.3 Å². The second-order valence-corrected chi connectivity index (χ2v) is 5.72. The lowest BCUT2D eigenvalue weighted by Gasteiger charge is -2.32. The van der Waals surface area contributed by atoms with Gasteiger partial charge in [0.2, 0.25) is 0 Å². The van der Waals surface area contributed by atoms with Crippen molar-refractivity contribution >= 4 is 15.9 Å². The Labute approximate surface area is 113 Å². The largest absolute Gasteiger partial charge is 0.314 e. The summed E-state index contributed by atoms with van der Waals surface area (Å²) in [5, 5.41) is 3.40. The van der Waals surface area contributed by atoms with E-state index in [2.05, 4.69) is 57.3 Å². The summed E-state index contributed by atoms with van der Waals surface area (Å²) in [6.07, 6.45) is 2.43. The number of nitrogens with zero attached hydrogens (tertiary/aromatic N) is 1. The third-order valence-electron chi connectivity index (χ3n) is 3.54. The van der Waals surface area contributed by atoms with Gasteiger partial charge in [-0.3, -0.25) is 4.90 Å².